The fourth-order valence-electron chi connectivity index (χ4n) is 1.70. The van der Waals surface area contributed by atoms with Gasteiger partial charge in [-0.25, -0.2) is 0 Å². The maximum absolute atomic E-state index is 12.1. The van der Waals surface area contributed by atoms with Crippen LogP contribution in [0.3, 0.4) is 0 Å². The Labute approximate surface area is 105 Å². The summed E-state index contributed by atoms with van der Waals surface area (Å²) in [6.07, 6.45) is 4.97. The number of aryl methyl sites for hydroxylation is 1. The summed E-state index contributed by atoms with van der Waals surface area (Å²) in [7, 11) is 1.73. The van der Waals surface area contributed by atoms with Gasteiger partial charge in [0.2, 0.25) is 0 Å². The first-order chi connectivity index (χ1) is 8.70. The lowest BCUT2D eigenvalue weighted by Crippen LogP contribution is -2.26. The van der Waals surface area contributed by atoms with E-state index in [-0.39, 0.29) is 5.91 Å². The molecule has 18 heavy (non-hydrogen) atoms. The molecule has 0 aliphatic rings. The minimum Gasteiger partial charge on any atom is -0.472 e. The van der Waals surface area contributed by atoms with Crippen molar-refractivity contribution in [1.29, 1.82) is 0 Å². The summed E-state index contributed by atoms with van der Waals surface area (Å²) < 4.78 is 10.1. The number of rotatable bonds is 5. The molecule has 1 amide bonds. The zero-order valence-corrected chi connectivity index (χ0v) is 10.5. The van der Waals surface area contributed by atoms with E-state index in [0.717, 1.165) is 24.2 Å². The molecule has 2 aromatic rings. The number of hydrogen-bond donors (Lipinski definition) is 0. The van der Waals surface area contributed by atoms with Gasteiger partial charge in [-0.15, -0.1) is 0 Å². The van der Waals surface area contributed by atoms with Crippen molar-refractivity contribution in [3.63, 3.8) is 0 Å². The van der Waals surface area contributed by atoms with Crippen molar-refractivity contribution in [3.05, 3.63) is 41.7 Å². The average molecular weight is 248 g/mol. The summed E-state index contributed by atoms with van der Waals surface area (Å²) in [5.74, 6) is 0.597. The van der Waals surface area contributed by atoms with Crippen LogP contribution in [-0.2, 0) is 13.0 Å². The van der Waals surface area contributed by atoms with Crippen LogP contribution in [0.25, 0.3) is 0 Å². The number of aromatic nitrogens is 1. The Morgan fingerprint density at radius 3 is 3.00 bits per heavy atom. The second kappa shape index (κ2) is 5.53. The van der Waals surface area contributed by atoms with E-state index in [2.05, 4.69) is 12.1 Å². The summed E-state index contributed by atoms with van der Waals surface area (Å²) in [5.41, 5.74) is 1.30. The van der Waals surface area contributed by atoms with Crippen LogP contribution in [0.5, 0.6) is 0 Å². The highest BCUT2D eigenvalue weighted by atomic mass is 16.5. The molecule has 0 radical (unpaired) electrons. The second-order valence-electron chi connectivity index (χ2n) is 4.22. The van der Waals surface area contributed by atoms with Crippen LogP contribution in [0, 0.1) is 0 Å². The van der Waals surface area contributed by atoms with E-state index in [9.17, 15) is 4.79 Å². The van der Waals surface area contributed by atoms with Gasteiger partial charge in [0, 0.05) is 31.6 Å². The summed E-state index contributed by atoms with van der Waals surface area (Å²) in [5, 5.41) is 3.80. The van der Waals surface area contributed by atoms with Gasteiger partial charge < -0.3 is 13.8 Å². The van der Waals surface area contributed by atoms with E-state index in [1.165, 1.54) is 0 Å². The van der Waals surface area contributed by atoms with Crippen LogP contribution in [0.2, 0.25) is 0 Å². The van der Waals surface area contributed by atoms with Gasteiger partial charge in [-0.05, 0) is 12.5 Å². The molecule has 0 aliphatic heterocycles. The minimum absolute atomic E-state index is 0.151. The lowest BCUT2D eigenvalue weighted by atomic mass is 10.2. The van der Waals surface area contributed by atoms with Crippen molar-refractivity contribution in [3.8, 4) is 0 Å². The van der Waals surface area contributed by atoms with Crippen molar-refractivity contribution in [2.75, 3.05) is 7.05 Å². The Balaban J connectivity index is 2.01. The van der Waals surface area contributed by atoms with Crippen molar-refractivity contribution in [2.24, 2.45) is 0 Å². The lowest BCUT2D eigenvalue weighted by molar-refractivity contribution is 0.0774. The first-order valence-electron chi connectivity index (χ1n) is 5.93. The van der Waals surface area contributed by atoms with Crippen molar-refractivity contribution < 1.29 is 13.7 Å². The molecule has 96 valence electrons. The highest BCUT2D eigenvalue weighted by Gasteiger charge is 2.17. The molecule has 0 atom stereocenters. The molecule has 0 saturated carbocycles. The molecular weight excluding hydrogens is 232 g/mol. The molecule has 5 nitrogen and oxygen atoms in total. The molecule has 0 unspecified atom stereocenters. The van der Waals surface area contributed by atoms with E-state index < -0.39 is 0 Å². The van der Waals surface area contributed by atoms with Gasteiger partial charge in [-0.3, -0.25) is 4.79 Å². The number of carbonyl (C=O) groups excluding carboxylic acids is 1. The van der Waals surface area contributed by atoms with E-state index >= 15 is 0 Å². The monoisotopic (exact) mass is 248 g/mol. The van der Waals surface area contributed by atoms with Gasteiger partial charge in [0.05, 0.1) is 12.5 Å². The number of hydrogen-bond acceptors (Lipinski definition) is 4. The zero-order chi connectivity index (χ0) is 13.0. The zero-order valence-electron chi connectivity index (χ0n) is 10.5. The fourth-order valence-corrected chi connectivity index (χ4v) is 1.70. The van der Waals surface area contributed by atoms with Crippen molar-refractivity contribution in [1.82, 2.24) is 10.1 Å². The van der Waals surface area contributed by atoms with E-state index in [0.29, 0.717) is 12.2 Å². The molecule has 0 N–H and O–H groups in total. The van der Waals surface area contributed by atoms with Gasteiger partial charge in [-0.2, -0.15) is 0 Å². The van der Waals surface area contributed by atoms with E-state index in [1.54, 1.807) is 30.5 Å². The summed E-state index contributed by atoms with van der Waals surface area (Å²) in [4.78, 5) is 13.6. The Hall–Kier alpha value is -2.04. The molecule has 2 rings (SSSR count). The van der Waals surface area contributed by atoms with Crippen molar-refractivity contribution in [2.45, 2.75) is 26.3 Å². The first-order valence-corrected chi connectivity index (χ1v) is 5.93. The van der Waals surface area contributed by atoms with Crippen molar-refractivity contribution >= 4 is 5.91 Å². The third-order valence-corrected chi connectivity index (χ3v) is 2.62. The Bertz CT molecular complexity index is 502. The van der Waals surface area contributed by atoms with E-state index in [4.69, 9.17) is 8.94 Å². The van der Waals surface area contributed by atoms with Crippen LogP contribution < -0.4 is 0 Å². The highest BCUT2D eigenvalue weighted by Crippen LogP contribution is 2.10. The highest BCUT2D eigenvalue weighted by molar-refractivity contribution is 5.92. The van der Waals surface area contributed by atoms with Gasteiger partial charge in [-0.1, -0.05) is 12.1 Å². The van der Waals surface area contributed by atoms with E-state index in [1.807, 2.05) is 6.07 Å². The third-order valence-electron chi connectivity index (χ3n) is 2.62. The predicted octanol–water partition coefficient (Wildman–Crippen LogP) is 2.49. The van der Waals surface area contributed by atoms with Crippen LogP contribution >= 0.6 is 0 Å². The van der Waals surface area contributed by atoms with Crippen LogP contribution in [0.1, 0.15) is 35.2 Å². The molecule has 2 heterocycles. The molecule has 0 aromatic carbocycles. The molecule has 0 saturated heterocycles. The average Bonchev–Trinajstić information content (AvgIpc) is 3.00. The smallest absolute Gasteiger partial charge is 0.276 e. The molecular formula is C13H16N2O3. The third kappa shape index (κ3) is 2.80. The number of nitrogens with zero attached hydrogens (tertiary/aromatic N) is 2. The quantitative estimate of drug-likeness (QED) is 0.815. The maximum Gasteiger partial charge on any atom is 0.276 e. The van der Waals surface area contributed by atoms with Crippen LogP contribution in [0.15, 0.2) is 33.6 Å². The van der Waals surface area contributed by atoms with Gasteiger partial charge >= 0.3 is 0 Å². The topological polar surface area (TPSA) is 59.5 Å². The normalized spacial score (nSPS) is 10.6. The molecule has 0 bridgehead atoms. The van der Waals surface area contributed by atoms with Crippen LogP contribution in [-0.4, -0.2) is 23.0 Å². The maximum atomic E-state index is 12.1. The summed E-state index contributed by atoms with van der Waals surface area (Å²) in [6, 6.07) is 3.53. The second-order valence-corrected chi connectivity index (χ2v) is 4.22. The number of carbonyl (C=O) groups is 1. The molecule has 2 aromatic heterocycles. The Morgan fingerprint density at radius 2 is 2.33 bits per heavy atom. The lowest BCUT2D eigenvalue weighted by Gasteiger charge is -2.13. The molecule has 0 spiro atoms. The standard InChI is InChI=1S/C13H16N2O3/c1-3-4-11-7-12(14-18-11)13(16)15(2)8-10-5-6-17-9-10/h5-7,9H,3-4,8H2,1-2H3. The van der Waals surface area contributed by atoms with Gasteiger partial charge in [0.25, 0.3) is 5.91 Å². The SMILES string of the molecule is CCCc1cc(C(=O)N(C)Cc2ccoc2)no1. The Kier molecular flexibility index (Phi) is 3.82. The molecule has 0 fully saturated rings. The summed E-state index contributed by atoms with van der Waals surface area (Å²) >= 11 is 0. The fraction of sp³-hybridized carbons (Fsp3) is 0.385. The summed E-state index contributed by atoms with van der Waals surface area (Å²) in [6.45, 7) is 2.54. The molecule has 5 heteroatoms. The first kappa shape index (κ1) is 12.4. The minimum atomic E-state index is -0.151. The largest absolute Gasteiger partial charge is 0.472 e. The molecule has 0 aliphatic carbocycles. The van der Waals surface area contributed by atoms with Crippen LogP contribution in [0.4, 0.5) is 0 Å². The van der Waals surface area contributed by atoms with Gasteiger partial charge in [0.1, 0.15) is 5.76 Å². The Morgan fingerprint density at radius 1 is 1.50 bits per heavy atom. The van der Waals surface area contributed by atoms with Gasteiger partial charge in [0.15, 0.2) is 5.69 Å². The number of amides is 1. The number of furan rings is 1. The predicted molar refractivity (Wildman–Crippen MR) is 65.0 cm³/mol.